The molecule has 0 aliphatic heterocycles. The molecule has 0 fully saturated rings. The van der Waals surface area contributed by atoms with E-state index in [1.165, 1.54) is 24.5 Å². The van der Waals surface area contributed by atoms with Crippen LogP contribution < -0.4 is 0 Å². The third kappa shape index (κ3) is 13.4. The lowest BCUT2D eigenvalue weighted by atomic mass is 10.2. The van der Waals surface area contributed by atoms with E-state index in [-0.39, 0.29) is 0 Å². The highest BCUT2D eigenvalue weighted by Crippen LogP contribution is 2.11. The minimum atomic E-state index is 0.749. The summed E-state index contributed by atoms with van der Waals surface area (Å²) in [5, 5.41) is 0. The first kappa shape index (κ1) is 17.4. The molecule has 0 aliphatic rings. The van der Waals surface area contributed by atoms with Gasteiger partial charge in [-0.25, -0.2) is 3.11 Å². The zero-order valence-corrected chi connectivity index (χ0v) is 14.4. The summed E-state index contributed by atoms with van der Waals surface area (Å²) in [6.07, 6.45) is 1.17. The van der Waals surface area contributed by atoms with E-state index in [1.54, 1.807) is 12.0 Å². The van der Waals surface area contributed by atoms with E-state index < -0.39 is 0 Å². The lowest BCUT2D eigenvalue weighted by Gasteiger charge is -2.10. The summed E-state index contributed by atoms with van der Waals surface area (Å²) in [7, 11) is 0. The van der Waals surface area contributed by atoms with Gasteiger partial charge in [0.25, 0.3) is 0 Å². The van der Waals surface area contributed by atoms with E-state index in [1.807, 2.05) is 11.8 Å². The number of thioether (sulfide) groups is 1. The maximum absolute atomic E-state index is 5.48. The van der Waals surface area contributed by atoms with Gasteiger partial charge in [-0.1, -0.05) is 20.8 Å². The minimum Gasteiger partial charge on any atom is -0.315 e. The molecule has 5 heteroatoms. The molecule has 98 valence electrons. The molecule has 16 heavy (non-hydrogen) atoms. The van der Waals surface area contributed by atoms with Crippen LogP contribution in [0.15, 0.2) is 0 Å². The van der Waals surface area contributed by atoms with Crippen LogP contribution in [0.4, 0.5) is 0 Å². The predicted molar refractivity (Wildman–Crippen MR) is 86.5 cm³/mol. The smallest absolute Gasteiger partial charge is 0.0616 e. The van der Waals surface area contributed by atoms with Crippen LogP contribution in [0.5, 0.6) is 0 Å². The van der Waals surface area contributed by atoms with Crippen molar-refractivity contribution in [3.8, 4) is 0 Å². The zero-order chi connectivity index (χ0) is 12.2. The van der Waals surface area contributed by atoms with Gasteiger partial charge in [-0.2, -0.15) is 11.8 Å². The molecule has 0 atom stereocenters. The molecule has 0 aromatic carbocycles. The van der Waals surface area contributed by atoms with Crippen molar-refractivity contribution in [2.24, 2.45) is 5.92 Å². The van der Waals surface area contributed by atoms with Gasteiger partial charge in [0, 0.05) is 53.2 Å². The Morgan fingerprint density at radius 3 is 2.62 bits per heavy atom. The maximum Gasteiger partial charge on any atom is 0.0616 e. The van der Waals surface area contributed by atoms with Crippen LogP contribution in [-0.2, 0) is 4.18 Å². The minimum absolute atomic E-state index is 0.749. The van der Waals surface area contributed by atoms with Gasteiger partial charge in [0.15, 0.2) is 0 Å². The third-order valence-electron chi connectivity index (χ3n) is 1.99. The van der Waals surface area contributed by atoms with Crippen LogP contribution in [-0.4, -0.2) is 40.1 Å². The van der Waals surface area contributed by atoms with Crippen LogP contribution in [0.2, 0.25) is 0 Å². The van der Waals surface area contributed by atoms with Crippen molar-refractivity contribution in [2.75, 3.05) is 37.0 Å². The van der Waals surface area contributed by atoms with Gasteiger partial charge in [-0.15, -0.1) is 0 Å². The molecule has 0 N–H and O–H groups in total. The van der Waals surface area contributed by atoms with Gasteiger partial charge >= 0.3 is 0 Å². The number of hydrogen-bond donors (Lipinski definition) is 0. The van der Waals surface area contributed by atoms with Crippen molar-refractivity contribution in [1.29, 1.82) is 0 Å². The molecule has 0 radical (unpaired) electrons. The summed E-state index contributed by atoms with van der Waals surface area (Å²) < 4.78 is 7.80. The molecule has 0 rings (SSSR count). The van der Waals surface area contributed by atoms with Crippen molar-refractivity contribution in [3.63, 3.8) is 0 Å². The van der Waals surface area contributed by atoms with Crippen LogP contribution in [0.1, 0.15) is 27.2 Å². The third-order valence-corrected chi connectivity index (χ3v) is 5.09. The molecule has 0 aromatic rings. The molecule has 0 unspecified atom stereocenters. The van der Waals surface area contributed by atoms with Gasteiger partial charge in [0.2, 0.25) is 0 Å². The summed E-state index contributed by atoms with van der Waals surface area (Å²) in [6.45, 7) is 9.86. The Morgan fingerprint density at radius 1 is 1.25 bits per heavy atom. The number of hydrogen-bond acceptors (Lipinski definition) is 4. The van der Waals surface area contributed by atoms with Crippen molar-refractivity contribution < 1.29 is 4.18 Å². The second-order valence-corrected chi connectivity index (χ2v) is 7.41. The molecule has 0 saturated carbocycles. The fraction of sp³-hybridized carbons (Fsp3) is 1.00. The summed E-state index contributed by atoms with van der Waals surface area (Å²) >= 11 is 6.02. The standard InChI is InChI=1S/C11H24INOS2/c1-4-13(12)6-8-15-9-10-16-14-7-5-11(2)3/h11H,4-10H2,1-3H3. The lowest BCUT2D eigenvalue weighted by molar-refractivity contribution is 0.335. The summed E-state index contributed by atoms with van der Waals surface area (Å²) in [4.78, 5) is 0. The Balaban J connectivity index is 2.99. The van der Waals surface area contributed by atoms with Crippen molar-refractivity contribution in [3.05, 3.63) is 0 Å². The normalized spacial score (nSPS) is 11.6. The van der Waals surface area contributed by atoms with Gasteiger partial charge in [-0.05, 0) is 24.4 Å². The molecule has 0 bridgehead atoms. The van der Waals surface area contributed by atoms with Crippen LogP contribution in [0, 0.1) is 5.92 Å². The molecule has 0 heterocycles. The van der Waals surface area contributed by atoms with E-state index in [4.69, 9.17) is 4.18 Å². The maximum atomic E-state index is 5.48. The Labute approximate surface area is 123 Å². The van der Waals surface area contributed by atoms with Gasteiger partial charge in [0.05, 0.1) is 6.61 Å². The summed E-state index contributed by atoms with van der Waals surface area (Å²) in [6, 6.07) is 0. The molecule has 0 saturated heterocycles. The summed E-state index contributed by atoms with van der Waals surface area (Å²) in [5.41, 5.74) is 0. The average molecular weight is 377 g/mol. The van der Waals surface area contributed by atoms with Crippen LogP contribution >= 0.6 is 46.7 Å². The lowest BCUT2D eigenvalue weighted by Crippen LogP contribution is -2.13. The highest BCUT2D eigenvalue weighted by atomic mass is 127. The van der Waals surface area contributed by atoms with E-state index in [0.29, 0.717) is 0 Å². The van der Waals surface area contributed by atoms with Gasteiger partial charge in [0.1, 0.15) is 0 Å². The first-order valence-corrected chi connectivity index (χ1v) is 8.92. The Kier molecular flexibility index (Phi) is 13.9. The Morgan fingerprint density at radius 2 is 2.00 bits per heavy atom. The van der Waals surface area contributed by atoms with Crippen LogP contribution in [0.3, 0.4) is 0 Å². The van der Waals surface area contributed by atoms with E-state index in [0.717, 1.165) is 24.8 Å². The topological polar surface area (TPSA) is 12.5 Å². The average Bonchev–Trinajstić information content (AvgIpc) is 2.26. The zero-order valence-electron chi connectivity index (χ0n) is 10.6. The van der Waals surface area contributed by atoms with Gasteiger partial charge < -0.3 is 4.18 Å². The Bertz CT molecular complexity index is 150. The van der Waals surface area contributed by atoms with E-state index in [9.17, 15) is 0 Å². The van der Waals surface area contributed by atoms with Gasteiger partial charge in [-0.3, -0.25) is 0 Å². The highest BCUT2D eigenvalue weighted by molar-refractivity contribution is 14.1. The molecular formula is C11H24INOS2. The molecule has 0 amide bonds. The molecule has 0 spiro atoms. The monoisotopic (exact) mass is 377 g/mol. The van der Waals surface area contributed by atoms with Crippen molar-refractivity contribution in [1.82, 2.24) is 3.11 Å². The highest BCUT2D eigenvalue weighted by Gasteiger charge is 1.97. The predicted octanol–water partition coefficient (Wildman–Crippen LogP) is 4.10. The number of nitrogens with zero attached hydrogens (tertiary/aromatic N) is 1. The summed E-state index contributed by atoms with van der Waals surface area (Å²) in [5.74, 6) is 4.28. The molecule has 0 aromatic heterocycles. The molecular weight excluding hydrogens is 353 g/mol. The second-order valence-electron chi connectivity index (χ2n) is 3.94. The largest absolute Gasteiger partial charge is 0.315 e. The SMILES string of the molecule is CCN(I)CCSCCSOCCC(C)C. The van der Waals surface area contributed by atoms with E-state index in [2.05, 4.69) is 46.7 Å². The fourth-order valence-electron chi connectivity index (χ4n) is 0.918. The van der Waals surface area contributed by atoms with Crippen molar-refractivity contribution >= 4 is 46.7 Å². The fourth-order valence-corrected chi connectivity index (χ4v) is 3.12. The number of halogens is 1. The van der Waals surface area contributed by atoms with E-state index >= 15 is 0 Å². The first-order chi connectivity index (χ1) is 7.66. The van der Waals surface area contributed by atoms with Crippen molar-refractivity contribution in [2.45, 2.75) is 27.2 Å². The Hall–Kier alpha value is 1.35. The van der Waals surface area contributed by atoms with Crippen LogP contribution in [0.25, 0.3) is 0 Å². The number of rotatable bonds is 11. The quantitative estimate of drug-likeness (QED) is 0.233. The second kappa shape index (κ2) is 12.8. The molecule has 2 nitrogen and oxygen atoms in total. The molecule has 0 aliphatic carbocycles. The first-order valence-electron chi connectivity index (χ1n) is 5.89.